The molecule has 3 rings (SSSR count). The molecule has 0 aliphatic carbocycles. The minimum atomic E-state index is -0.364. The zero-order valence-electron chi connectivity index (χ0n) is 15.3. The number of rotatable bonds is 7. The molecule has 9 nitrogen and oxygen atoms in total. The van der Waals surface area contributed by atoms with Crippen LogP contribution in [0.3, 0.4) is 0 Å². The van der Waals surface area contributed by atoms with Crippen LogP contribution >= 0.6 is 0 Å². The minimum absolute atomic E-state index is 0.152. The third-order valence-electron chi connectivity index (χ3n) is 3.97. The summed E-state index contributed by atoms with van der Waals surface area (Å²) in [5.41, 5.74) is 1.09. The molecule has 0 radical (unpaired) electrons. The van der Waals surface area contributed by atoms with Crippen molar-refractivity contribution in [1.82, 2.24) is 20.0 Å². The van der Waals surface area contributed by atoms with Gasteiger partial charge in [0.15, 0.2) is 11.5 Å². The summed E-state index contributed by atoms with van der Waals surface area (Å²) in [7, 11) is 1.56. The quantitative estimate of drug-likeness (QED) is 0.668. The predicted octanol–water partition coefficient (Wildman–Crippen LogP) is 1.42. The van der Waals surface area contributed by atoms with Crippen molar-refractivity contribution in [3.63, 3.8) is 0 Å². The predicted molar refractivity (Wildman–Crippen MR) is 96.8 cm³/mol. The van der Waals surface area contributed by atoms with Crippen molar-refractivity contribution in [2.45, 2.75) is 26.9 Å². The highest BCUT2D eigenvalue weighted by atomic mass is 16.5. The third kappa shape index (κ3) is 3.91. The number of nitrogens with zero attached hydrogens (tertiary/aromatic N) is 3. The Kier molecular flexibility index (Phi) is 5.39. The van der Waals surface area contributed by atoms with E-state index in [4.69, 9.17) is 14.0 Å². The molecule has 1 amide bonds. The maximum absolute atomic E-state index is 12.4. The normalized spacial score (nSPS) is 10.8. The molecule has 2 heterocycles. The standard InChI is InChI=1S/C18H20N4O5/c1-4-26-13-6-5-12(7-14(13)25-3)8-19-15(23)9-22-10-20-17-16(18(22)24)11(2)21-27-17/h5-7,10H,4,8-9H2,1-3H3,(H,19,23). The van der Waals surface area contributed by atoms with Crippen molar-refractivity contribution < 1.29 is 18.8 Å². The number of hydrogen-bond acceptors (Lipinski definition) is 7. The van der Waals surface area contributed by atoms with Crippen molar-refractivity contribution >= 4 is 17.0 Å². The lowest BCUT2D eigenvalue weighted by Gasteiger charge is -2.12. The Bertz CT molecular complexity index is 1020. The SMILES string of the molecule is CCOc1ccc(CNC(=O)Cn2cnc3onc(C)c3c2=O)cc1OC. The number of aromatic nitrogens is 3. The monoisotopic (exact) mass is 372 g/mol. The summed E-state index contributed by atoms with van der Waals surface area (Å²) < 4.78 is 16.9. The van der Waals surface area contributed by atoms with Crippen LogP contribution in [0.4, 0.5) is 0 Å². The fourth-order valence-electron chi connectivity index (χ4n) is 2.63. The topological polar surface area (TPSA) is 108 Å². The number of carbonyl (C=O) groups is 1. The average Bonchev–Trinajstić information content (AvgIpc) is 3.05. The van der Waals surface area contributed by atoms with E-state index in [1.807, 2.05) is 13.0 Å². The zero-order chi connectivity index (χ0) is 19.4. The highest BCUT2D eigenvalue weighted by Crippen LogP contribution is 2.27. The number of carbonyl (C=O) groups excluding carboxylic acids is 1. The smallest absolute Gasteiger partial charge is 0.267 e. The molecule has 0 aliphatic heterocycles. The van der Waals surface area contributed by atoms with E-state index in [0.717, 1.165) is 5.56 Å². The lowest BCUT2D eigenvalue weighted by Crippen LogP contribution is -2.32. The number of fused-ring (bicyclic) bond motifs is 1. The molecule has 0 aliphatic rings. The average molecular weight is 372 g/mol. The van der Waals surface area contributed by atoms with Gasteiger partial charge in [-0.15, -0.1) is 0 Å². The molecule has 142 valence electrons. The Labute approximate surface area is 154 Å². The Balaban J connectivity index is 1.67. The summed E-state index contributed by atoms with van der Waals surface area (Å²) >= 11 is 0. The van der Waals surface area contributed by atoms with Crippen LogP contribution in [0.1, 0.15) is 18.2 Å². The Morgan fingerprint density at radius 3 is 2.89 bits per heavy atom. The lowest BCUT2D eigenvalue weighted by molar-refractivity contribution is -0.121. The summed E-state index contributed by atoms with van der Waals surface area (Å²) in [4.78, 5) is 28.7. The summed E-state index contributed by atoms with van der Waals surface area (Å²) in [6.45, 7) is 4.21. The molecule has 0 saturated carbocycles. The Morgan fingerprint density at radius 2 is 2.15 bits per heavy atom. The molecular weight excluding hydrogens is 352 g/mol. The molecule has 1 N–H and O–H groups in total. The van der Waals surface area contributed by atoms with Gasteiger partial charge in [-0.2, -0.15) is 0 Å². The number of ether oxygens (including phenoxy) is 2. The first-order valence-corrected chi connectivity index (χ1v) is 8.41. The van der Waals surface area contributed by atoms with E-state index < -0.39 is 0 Å². The number of nitrogens with one attached hydrogen (secondary N) is 1. The number of hydrogen-bond donors (Lipinski definition) is 1. The first kappa shape index (κ1) is 18.4. The van der Waals surface area contributed by atoms with Crippen molar-refractivity contribution in [3.05, 3.63) is 46.1 Å². The molecular formula is C18H20N4O5. The van der Waals surface area contributed by atoms with Crippen molar-refractivity contribution in [2.75, 3.05) is 13.7 Å². The zero-order valence-corrected chi connectivity index (χ0v) is 15.3. The fraction of sp³-hybridized carbons (Fsp3) is 0.333. The summed E-state index contributed by atoms with van der Waals surface area (Å²) in [6.07, 6.45) is 1.27. The molecule has 0 saturated heterocycles. The molecule has 9 heteroatoms. The van der Waals surface area contributed by atoms with Gasteiger partial charge in [0.1, 0.15) is 18.3 Å². The van der Waals surface area contributed by atoms with Crippen LogP contribution in [0.2, 0.25) is 0 Å². The van der Waals surface area contributed by atoms with Gasteiger partial charge in [0.05, 0.1) is 19.4 Å². The molecule has 0 fully saturated rings. The maximum Gasteiger partial charge on any atom is 0.267 e. The second-order valence-corrected chi connectivity index (χ2v) is 5.82. The number of aryl methyl sites for hydroxylation is 1. The largest absolute Gasteiger partial charge is 0.493 e. The molecule has 2 aromatic heterocycles. The maximum atomic E-state index is 12.4. The third-order valence-corrected chi connectivity index (χ3v) is 3.97. The van der Waals surface area contributed by atoms with E-state index in [9.17, 15) is 9.59 Å². The van der Waals surface area contributed by atoms with Gasteiger partial charge in [-0.3, -0.25) is 14.2 Å². The van der Waals surface area contributed by atoms with E-state index in [1.54, 1.807) is 26.2 Å². The van der Waals surface area contributed by atoms with E-state index in [-0.39, 0.29) is 35.7 Å². The van der Waals surface area contributed by atoms with E-state index in [1.165, 1.54) is 10.9 Å². The number of methoxy groups -OCH3 is 1. The number of amides is 1. The fourth-order valence-corrected chi connectivity index (χ4v) is 2.63. The lowest BCUT2D eigenvalue weighted by atomic mass is 10.2. The molecule has 0 atom stereocenters. The second kappa shape index (κ2) is 7.90. The molecule has 0 unspecified atom stereocenters. The van der Waals surface area contributed by atoms with E-state index in [0.29, 0.717) is 23.8 Å². The number of benzene rings is 1. The van der Waals surface area contributed by atoms with Crippen LogP contribution in [0.25, 0.3) is 11.1 Å². The van der Waals surface area contributed by atoms with E-state index >= 15 is 0 Å². The highest BCUT2D eigenvalue weighted by Gasteiger charge is 2.14. The summed E-state index contributed by atoms with van der Waals surface area (Å²) in [6, 6.07) is 5.43. The highest BCUT2D eigenvalue weighted by molar-refractivity contribution is 5.77. The minimum Gasteiger partial charge on any atom is -0.493 e. The van der Waals surface area contributed by atoms with Gasteiger partial charge >= 0.3 is 0 Å². The van der Waals surface area contributed by atoms with Crippen molar-refractivity contribution in [1.29, 1.82) is 0 Å². The molecule has 0 bridgehead atoms. The van der Waals surface area contributed by atoms with Gasteiger partial charge in [0.25, 0.3) is 11.3 Å². The van der Waals surface area contributed by atoms with Gasteiger partial charge in [0, 0.05) is 6.54 Å². The van der Waals surface area contributed by atoms with Crippen molar-refractivity contribution in [3.8, 4) is 11.5 Å². The van der Waals surface area contributed by atoms with Crippen LogP contribution in [-0.4, -0.2) is 34.3 Å². The van der Waals surface area contributed by atoms with Gasteiger partial charge in [-0.05, 0) is 31.5 Å². The van der Waals surface area contributed by atoms with Crippen LogP contribution in [-0.2, 0) is 17.9 Å². The Hall–Kier alpha value is -3.36. The Morgan fingerprint density at radius 1 is 1.33 bits per heavy atom. The second-order valence-electron chi connectivity index (χ2n) is 5.82. The molecule has 27 heavy (non-hydrogen) atoms. The van der Waals surface area contributed by atoms with Gasteiger partial charge < -0.3 is 19.3 Å². The summed E-state index contributed by atoms with van der Waals surface area (Å²) in [5.74, 6) is 0.919. The molecule has 3 aromatic rings. The van der Waals surface area contributed by atoms with Crippen LogP contribution < -0.4 is 20.3 Å². The van der Waals surface area contributed by atoms with E-state index in [2.05, 4.69) is 15.5 Å². The first-order chi connectivity index (χ1) is 13.0. The van der Waals surface area contributed by atoms with Crippen molar-refractivity contribution in [2.24, 2.45) is 0 Å². The first-order valence-electron chi connectivity index (χ1n) is 8.41. The molecule has 0 spiro atoms. The van der Waals surface area contributed by atoms with Gasteiger partial charge in [0.2, 0.25) is 5.91 Å². The van der Waals surface area contributed by atoms with Crippen LogP contribution in [0.15, 0.2) is 33.8 Å². The van der Waals surface area contributed by atoms with Crippen LogP contribution in [0, 0.1) is 6.92 Å². The van der Waals surface area contributed by atoms with Gasteiger partial charge in [-0.1, -0.05) is 11.2 Å². The summed E-state index contributed by atoms with van der Waals surface area (Å²) in [5, 5.41) is 6.77. The molecule has 1 aromatic carbocycles. The van der Waals surface area contributed by atoms with Crippen LogP contribution in [0.5, 0.6) is 11.5 Å². The van der Waals surface area contributed by atoms with Gasteiger partial charge in [-0.25, -0.2) is 4.98 Å².